The summed E-state index contributed by atoms with van der Waals surface area (Å²) >= 11 is 0. The highest BCUT2D eigenvalue weighted by Crippen LogP contribution is 2.25. The summed E-state index contributed by atoms with van der Waals surface area (Å²) in [6.45, 7) is 7.87. The smallest absolute Gasteiger partial charge is 0.137 e. The van der Waals surface area contributed by atoms with Crippen molar-refractivity contribution in [2.45, 2.75) is 0 Å². The van der Waals surface area contributed by atoms with Crippen LogP contribution in [0, 0.1) is 0 Å². The Hall–Kier alpha value is -5.17. The third-order valence-electron chi connectivity index (χ3n) is 6.05. The molecule has 7 heteroatoms. The Morgan fingerprint density at radius 3 is 1.97 bits per heavy atom. The van der Waals surface area contributed by atoms with E-state index in [-0.39, 0.29) is 0 Å². The molecule has 0 aromatic carbocycles. The van der Waals surface area contributed by atoms with E-state index in [1.54, 1.807) is 18.6 Å². The molecule has 6 rings (SSSR count). The fraction of sp³-hybridized carbons (Fsp3) is 0. The van der Waals surface area contributed by atoms with Crippen LogP contribution in [0.15, 0.2) is 80.5 Å². The van der Waals surface area contributed by atoms with E-state index in [0.717, 1.165) is 56.5 Å². The maximum absolute atomic E-state index is 4.61. The molecule has 7 nitrogen and oxygen atoms in total. The summed E-state index contributed by atoms with van der Waals surface area (Å²) in [6.07, 6.45) is 20.9. The fourth-order valence-corrected chi connectivity index (χ4v) is 4.27. The molecule has 0 N–H and O–H groups in total. The largest absolute Gasteiger partial charge is 0.301 e. The standard InChI is InChI=1S/C29H21N7/c1-3-20-17-28-30-13-5-15-35(28)26(20)11-8-22-7-9-23-24(33-34-25(23)19-32-22)10-12-27-21(4-2)18-29-31-14-6-16-36(27)29/h3-19H,1-2H2/b11-8+,12-10+. The zero-order chi connectivity index (χ0) is 24.5. The Morgan fingerprint density at radius 2 is 1.33 bits per heavy atom. The monoisotopic (exact) mass is 467 g/mol. The first kappa shape index (κ1) is 21.4. The third-order valence-corrected chi connectivity index (χ3v) is 6.05. The molecule has 0 spiro atoms. The first-order valence-corrected chi connectivity index (χ1v) is 11.4. The molecule has 0 atom stereocenters. The van der Waals surface area contributed by atoms with Gasteiger partial charge >= 0.3 is 0 Å². The lowest BCUT2D eigenvalue weighted by Crippen LogP contribution is -1.88. The average Bonchev–Trinajstić information content (AvgIpc) is 3.55. The molecule has 2 aliphatic rings. The maximum atomic E-state index is 4.61. The molecule has 0 aliphatic carbocycles. The van der Waals surface area contributed by atoms with E-state index in [1.807, 2.05) is 94.0 Å². The zero-order valence-electron chi connectivity index (χ0n) is 19.4. The van der Waals surface area contributed by atoms with Crippen LogP contribution in [0.5, 0.6) is 0 Å². The minimum absolute atomic E-state index is 0.726. The maximum Gasteiger partial charge on any atom is 0.137 e. The molecule has 0 radical (unpaired) electrons. The molecule has 4 aromatic rings. The van der Waals surface area contributed by atoms with Gasteiger partial charge < -0.3 is 8.80 Å². The first-order chi connectivity index (χ1) is 17.7. The number of hydrogen-bond acceptors (Lipinski definition) is 5. The summed E-state index contributed by atoms with van der Waals surface area (Å²) in [5.41, 5.74) is 8.94. The molecule has 0 saturated heterocycles. The van der Waals surface area contributed by atoms with Crippen molar-refractivity contribution in [1.82, 2.24) is 34.0 Å². The Labute approximate surface area is 207 Å². The van der Waals surface area contributed by atoms with Crippen molar-refractivity contribution in [2.24, 2.45) is 0 Å². The second kappa shape index (κ2) is 8.88. The quantitative estimate of drug-likeness (QED) is 0.305. The van der Waals surface area contributed by atoms with E-state index in [4.69, 9.17) is 0 Å². The summed E-state index contributed by atoms with van der Waals surface area (Å²) in [5.74, 6) is 0. The minimum Gasteiger partial charge on any atom is -0.301 e. The molecule has 0 fully saturated rings. The predicted molar refractivity (Wildman–Crippen MR) is 145 cm³/mol. The number of nitrogens with zero attached hydrogens (tertiary/aromatic N) is 7. The molecule has 4 aromatic heterocycles. The normalized spacial score (nSPS) is 11.9. The van der Waals surface area contributed by atoms with Gasteiger partial charge in [-0.05, 0) is 60.7 Å². The molecule has 0 saturated carbocycles. The number of hydrogen-bond donors (Lipinski definition) is 0. The summed E-state index contributed by atoms with van der Waals surface area (Å²) in [6, 6.07) is 11.8. The van der Waals surface area contributed by atoms with Crippen molar-refractivity contribution in [3.63, 3.8) is 0 Å². The van der Waals surface area contributed by atoms with Crippen LogP contribution in [-0.2, 0) is 0 Å². The molecule has 0 amide bonds. The second-order valence-electron chi connectivity index (χ2n) is 8.14. The van der Waals surface area contributed by atoms with Gasteiger partial charge in [-0.15, -0.1) is 10.2 Å². The van der Waals surface area contributed by atoms with Gasteiger partial charge in [0.05, 0.1) is 29.0 Å². The van der Waals surface area contributed by atoms with Crippen molar-refractivity contribution in [3.8, 4) is 11.3 Å². The lowest BCUT2D eigenvalue weighted by atomic mass is 10.1. The lowest BCUT2D eigenvalue weighted by molar-refractivity contribution is 1.08. The van der Waals surface area contributed by atoms with Gasteiger partial charge in [0.25, 0.3) is 0 Å². The van der Waals surface area contributed by atoms with E-state index in [2.05, 4.69) is 38.3 Å². The van der Waals surface area contributed by atoms with Gasteiger partial charge in [0.1, 0.15) is 17.0 Å². The molecule has 0 bridgehead atoms. The lowest BCUT2D eigenvalue weighted by Gasteiger charge is -1.98. The van der Waals surface area contributed by atoms with Crippen LogP contribution in [0.1, 0.15) is 33.9 Å². The molecule has 172 valence electrons. The van der Waals surface area contributed by atoms with Gasteiger partial charge in [0.2, 0.25) is 0 Å². The summed E-state index contributed by atoms with van der Waals surface area (Å²) in [4.78, 5) is 13.4. The zero-order valence-corrected chi connectivity index (χ0v) is 19.4. The molecule has 0 unspecified atom stereocenters. The highest BCUT2D eigenvalue weighted by atomic mass is 15.1. The van der Waals surface area contributed by atoms with Crippen molar-refractivity contribution < 1.29 is 0 Å². The van der Waals surface area contributed by atoms with E-state index in [1.165, 1.54) is 0 Å². The van der Waals surface area contributed by atoms with Crippen molar-refractivity contribution >= 4 is 47.8 Å². The third kappa shape index (κ3) is 3.69. The average molecular weight is 468 g/mol. The SMILES string of the molecule is C=Cc1cc2ncccn2c1/C=C/c1ccc2c(/C=C/c3c(C=C)cc4ncccn34)nnc-2cn1. The van der Waals surface area contributed by atoms with Gasteiger partial charge in [0, 0.05) is 41.5 Å². The van der Waals surface area contributed by atoms with Crippen molar-refractivity contribution in [3.05, 3.63) is 114 Å². The highest BCUT2D eigenvalue weighted by molar-refractivity contribution is 5.81. The fourth-order valence-electron chi connectivity index (χ4n) is 4.27. The highest BCUT2D eigenvalue weighted by Gasteiger charge is 2.12. The van der Waals surface area contributed by atoms with Gasteiger partial charge in [-0.2, -0.15) is 0 Å². The Kier molecular flexibility index (Phi) is 5.27. The van der Waals surface area contributed by atoms with Gasteiger partial charge in [-0.3, -0.25) is 4.98 Å². The summed E-state index contributed by atoms with van der Waals surface area (Å²) in [7, 11) is 0. The van der Waals surface area contributed by atoms with Crippen LogP contribution in [-0.4, -0.2) is 34.0 Å². The number of fused-ring (bicyclic) bond motifs is 3. The van der Waals surface area contributed by atoms with Crippen LogP contribution < -0.4 is 0 Å². The van der Waals surface area contributed by atoms with Crippen LogP contribution in [0.2, 0.25) is 0 Å². The van der Waals surface area contributed by atoms with Gasteiger partial charge in [-0.25, -0.2) is 9.97 Å². The van der Waals surface area contributed by atoms with Crippen molar-refractivity contribution in [2.75, 3.05) is 0 Å². The number of aromatic nitrogens is 7. The molecule has 6 heterocycles. The van der Waals surface area contributed by atoms with E-state index in [0.29, 0.717) is 0 Å². The Bertz CT molecular complexity index is 1780. The molecule has 36 heavy (non-hydrogen) atoms. The van der Waals surface area contributed by atoms with E-state index in [9.17, 15) is 0 Å². The summed E-state index contributed by atoms with van der Waals surface area (Å²) in [5, 5.41) is 8.69. The minimum atomic E-state index is 0.726. The van der Waals surface area contributed by atoms with Crippen LogP contribution in [0.25, 0.3) is 59.0 Å². The molecular weight excluding hydrogens is 446 g/mol. The van der Waals surface area contributed by atoms with Crippen LogP contribution in [0.3, 0.4) is 0 Å². The van der Waals surface area contributed by atoms with Crippen LogP contribution >= 0.6 is 0 Å². The van der Waals surface area contributed by atoms with Crippen LogP contribution in [0.4, 0.5) is 0 Å². The Morgan fingerprint density at radius 1 is 0.694 bits per heavy atom. The summed E-state index contributed by atoms with van der Waals surface area (Å²) < 4.78 is 4.05. The van der Waals surface area contributed by atoms with E-state index >= 15 is 0 Å². The topological polar surface area (TPSA) is 73.3 Å². The van der Waals surface area contributed by atoms with Crippen molar-refractivity contribution in [1.29, 1.82) is 0 Å². The van der Waals surface area contributed by atoms with E-state index < -0.39 is 0 Å². The number of rotatable bonds is 6. The van der Waals surface area contributed by atoms with Gasteiger partial charge in [-0.1, -0.05) is 25.3 Å². The molecule has 2 aliphatic heterocycles. The molecular formula is C29H21N7. The Balaban J connectivity index is 1.34. The second-order valence-corrected chi connectivity index (χ2v) is 8.14. The first-order valence-electron chi connectivity index (χ1n) is 11.4. The van der Waals surface area contributed by atoms with Gasteiger partial charge in [0.15, 0.2) is 0 Å². The predicted octanol–water partition coefficient (Wildman–Crippen LogP) is 5.90.